The molecule has 0 saturated carbocycles. The number of ether oxygens (including phenoxy) is 1. The summed E-state index contributed by atoms with van der Waals surface area (Å²) in [7, 11) is 1.46. The van der Waals surface area contributed by atoms with Crippen LogP contribution in [0.1, 0.15) is 71.3 Å². The third-order valence-electron chi connectivity index (χ3n) is 4.51. The fraction of sp³-hybridized carbons (Fsp3) is 0.565. The van der Waals surface area contributed by atoms with E-state index in [0.717, 1.165) is 32.1 Å². The Morgan fingerprint density at radius 2 is 1.92 bits per heavy atom. The highest BCUT2D eigenvalue weighted by atomic mass is 16.5. The minimum Gasteiger partial charge on any atom is -0.469 e. The van der Waals surface area contributed by atoms with Crippen molar-refractivity contribution in [3.63, 3.8) is 0 Å². The molecule has 0 aliphatic rings. The first-order chi connectivity index (χ1) is 12.0. The SMILES string of the molecule is CCCCC(=C=CCCc1ccccc1)CCC(C)(C)CC(=O)OC. The lowest BCUT2D eigenvalue weighted by atomic mass is 9.82. The highest BCUT2D eigenvalue weighted by Crippen LogP contribution is 2.30. The van der Waals surface area contributed by atoms with Crippen molar-refractivity contribution in [1.82, 2.24) is 0 Å². The van der Waals surface area contributed by atoms with E-state index >= 15 is 0 Å². The predicted molar refractivity (Wildman–Crippen MR) is 106 cm³/mol. The summed E-state index contributed by atoms with van der Waals surface area (Å²) in [6.07, 6.45) is 10.2. The molecule has 0 heterocycles. The minimum absolute atomic E-state index is 0.0315. The van der Waals surface area contributed by atoms with Crippen LogP contribution in [0.3, 0.4) is 0 Å². The molecule has 2 nitrogen and oxygen atoms in total. The number of benzene rings is 1. The lowest BCUT2D eigenvalue weighted by Gasteiger charge is -2.23. The van der Waals surface area contributed by atoms with Crippen molar-refractivity contribution in [2.75, 3.05) is 7.11 Å². The molecule has 1 rings (SSSR count). The largest absolute Gasteiger partial charge is 0.469 e. The summed E-state index contributed by atoms with van der Waals surface area (Å²) in [4.78, 5) is 11.5. The molecule has 0 radical (unpaired) electrons. The molecule has 0 fully saturated rings. The van der Waals surface area contributed by atoms with Gasteiger partial charge in [-0.2, -0.15) is 0 Å². The molecule has 138 valence electrons. The van der Waals surface area contributed by atoms with Crippen LogP contribution >= 0.6 is 0 Å². The number of allylic oxidation sites excluding steroid dienone is 1. The van der Waals surface area contributed by atoms with E-state index in [2.05, 4.69) is 62.9 Å². The molecule has 1 aromatic carbocycles. The molecular formula is C23H34O2. The van der Waals surface area contributed by atoms with Crippen LogP contribution in [0.2, 0.25) is 0 Å². The quantitative estimate of drug-likeness (QED) is 0.350. The van der Waals surface area contributed by atoms with Gasteiger partial charge in [0.05, 0.1) is 13.5 Å². The molecule has 1 aromatic rings. The zero-order valence-corrected chi connectivity index (χ0v) is 16.4. The summed E-state index contributed by atoms with van der Waals surface area (Å²) >= 11 is 0. The van der Waals surface area contributed by atoms with Gasteiger partial charge in [0.1, 0.15) is 0 Å². The molecule has 25 heavy (non-hydrogen) atoms. The summed E-state index contributed by atoms with van der Waals surface area (Å²) in [5.74, 6) is -0.123. The summed E-state index contributed by atoms with van der Waals surface area (Å²) in [6, 6.07) is 10.6. The molecule has 0 aliphatic heterocycles. The average molecular weight is 343 g/mol. The summed E-state index contributed by atoms with van der Waals surface area (Å²) < 4.78 is 4.81. The maximum atomic E-state index is 11.5. The number of carbonyl (C=O) groups excluding carboxylic acids is 1. The van der Waals surface area contributed by atoms with Crippen LogP contribution in [0, 0.1) is 5.41 Å². The maximum Gasteiger partial charge on any atom is 0.306 e. The standard InChI is InChI=1S/C23H34O2/c1-5-6-12-21(17-18-23(2,3)19-22(24)25-4)16-11-10-15-20-13-8-7-9-14-20/h7-9,11,13-14H,5-6,10,12,15,17-19H2,1-4H3. The Balaban J connectivity index is 2.59. The Kier molecular flexibility index (Phi) is 9.96. The molecule has 2 heteroatoms. The minimum atomic E-state index is -0.123. The van der Waals surface area contributed by atoms with Gasteiger partial charge in [-0.25, -0.2) is 0 Å². The number of carbonyl (C=O) groups is 1. The van der Waals surface area contributed by atoms with Crippen molar-refractivity contribution in [1.29, 1.82) is 0 Å². The Hall–Kier alpha value is -1.79. The lowest BCUT2D eigenvalue weighted by Crippen LogP contribution is -2.18. The van der Waals surface area contributed by atoms with Gasteiger partial charge in [0.15, 0.2) is 0 Å². The van der Waals surface area contributed by atoms with Crippen LogP contribution < -0.4 is 0 Å². The number of unbranched alkanes of at least 4 members (excludes halogenated alkanes) is 1. The van der Waals surface area contributed by atoms with Gasteiger partial charge >= 0.3 is 5.97 Å². The van der Waals surface area contributed by atoms with Gasteiger partial charge in [-0.3, -0.25) is 4.79 Å². The number of rotatable bonds is 11. The molecule has 0 aromatic heterocycles. The van der Waals surface area contributed by atoms with Gasteiger partial charge in [-0.1, -0.05) is 57.5 Å². The van der Waals surface area contributed by atoms with Gasteiger partial charge < -0.3 is 4.74 Å². The van der Waals surface area contributed by atoms with Gasteiger partial charge in [0, 0.05) is 0 Å². The maximum absolute atomic E-state index is 11.5. The van der Waals surface area contributed by atoms with E-state index in [0.29, 0.717) is 6.42 Å². The second kappa shape index (κ2) is 11.7. The smallest absolute Gasteiger partial charge is 0.306 e. The van der Waals surface area contributed by atoms with Crippen molar-refractivity contribution in [2.24, 2.45) is 5.41 Å². The van der Waals surface area contributed by atoms with Crippen LogP contribution in [0.5, 0.6) is 0 Å². The predicted octanol–water partition coefficient (Wildman–Crippen LogP) is 6.26. The number of methoxy groups -OCH3 is 1. The molecule has 0 aliphatic carbocycles. The first-order valence-corrected chi connectivity index (χ1v) is 9.50. The molecule has 0 atom stereocenters. The van der Waals surface area contributed by atoms with Crippen molar-refractivity contribution in [3.8, 4) is 0 Å². The van der Waals surface area contributed by atoms with Crippen LogP contribution in [0.4, 0.5) is 0 Å². The zero-order chi connectivity index (χ0) is 18.5. The fourth-order valence-corrected chi connectivity index (χ4v) is 2.80. The van der Waals surface area contributed by atoms with Crippen molar-refractivity contribution in [2.45, 2.75) is 72.1 Å². The van der Waals surface area contributed by atoms with Gasteiger partial charge in [-0.15, -0.1) is 5.73 Å². The van der Waals surface area contributed by atoms with Gasteiger partial charge in [-0.05, 0) is 61.2 Å². The number of esters is 1. The lowest BCUT2D eigenvalue weighted by molar-refractivity contribution is -0.143. The Bertz CT molecular complexity index is 563. The average Bonchev–Trinajstić information content (AvgIpc) is 2.60. The van der Waals surface area contributed by atoms with E-state index in [9.17, 15) is 4.79 Å². The van der Waals surface area contributed by atoms with Crippen LogP contribution in [-0.2, 0) is 16.0 Å². The van der Waals surface area contributed by atoms with Crippen molar-refractivity contribution >= 4 is 5.97 Å². The van der Waals surface area contributed by atoms with E-state index in [-0.39, 0.29) is 11.4 Å². The number of hydrogen-bond donors (Lipinski definition) is 0. The Labute approximate surface area is 154 Å². The Morgan fingerprint density at radius 3 is 2.56 bits per heavy atom. The number of aryl methyl sites for hydroxylation is 1. The normalized spacial score (nSPS) is 10.9. The first kappa shape index (κ1) is 21.3. The van der Waals surface area contributed by atoms with Crippen LogP contribution in [0.15, 0.2) is 47.7 Å². The highest BCUT2D eigenvalue weighted by molar-refractivity contribution is 5.69. The van der Waals surface area contributed by atoms with Crippen LogP contribution in [0.25, 0.3) is 0 Å². The van der Waals surface area contributed by atoms with E-state index in [1.165, 1.54) is 31.1 Å². The first-order valence-electron chi connectivity index (χ1n) is 9.50. The number of hydrogen-bond acceptors (Lipinski definition) is 2. The van der Waals surface area contributed by atoms with Gasteiger partial charge in [0.2, 0.25) is 0 Å². The molecule has 0 amide bonds. The monoisotopic (exact) mass is 342 g/mol. The molecule has 0 unspecified atom stereocenters. The van der Waals surface area contributed by atoms with Gasteiger partial charge in [0.25, 0.3) is 0 Å². The fourth-order valence-electron chi connectivity index (χ4n) is 2.80. The van der Waals surface area contributed by atoms with E-state index in [1.807, 2.05) is 0 Å². The molecule has 0 spiro atoms. The highest BCUT2D eigenvalue weighted by Gasteiger charge is 2.22. The van der Waals surface area contributed by atoms with Crippen LogP contribution in [-0.4, -0.2) is 13.1 Å². The van der Waals surface area contributed by atoms with Crippen molar-refractivity contribution < 1.29 is 9.53 Å². The molecule has 0 saturated heterocycles. The third-order valence-corrected chi connectivity index (χ3v) is 4.51. The summed E-state index contributed by atoms with van der Waals surface area (Å²) in [6.45, 7) is 6.50. The summed E-state index contributed by atoms with van der Waals surface area (Å²) in [5, 5.41) is 0. The van der Waals surface area contributed by atoms with E-state index in [1.54, 1.807) is 0 Å². The second-order valence-corrected chi connectivity index (χ2v) is 7.50. The van der Waals surface area contributed by atoms with E-state index < -0.39 is 0 Å². The van der Waals surface area contributed by atoms with Crippen molar-refractivity contribution in [3.05, 3.63) is 53.3 Å². The molecular weight excluding hydrogens is 308 g/mol. The molecule has 0 N–H and O–H groups in total. The summed E-state index contributed by atoms with van der Waals surface area (Å²) in [5.41, 5.74) is 6.26. The van der Waals surface area contributed by atoms with E-state index in [4.69, 9.17) is 4.74 Å². The third kappa shape index (κ3) is 9.94. The second-order valence-electron chi connectivity index (χ2n) is 7.50. The topological polar surface area (TPSA) is 26.3 Å². The molecule has 0 bridgehead atoms. The zero-order valence-electron chi connectivity index (χ0n) is 16.4. The Morgan fingerprint density at radius 1 is 1.20 bits per heavy atom.